The Bertz CT molecular complexity index is 185. The summed E-state index contributed by atoms with van der Waals surface area (Å²) in [5, 5.41) is 10.2. The van der Waals surface area contributed by atoms with Crippen LogP contribution in [-0.2, 0) is 9.78 Å². The summed E-state index contributed by atoms with van der Waals surface area (Å²) in [4.78, 5) is 10.4. The summed E-state index contributed by atoms with van der Waals surface area (Å²) in [7, 11) is 0. The first-order valence-electron chi connectivity index (χ1n) is 5.43. The van der Waals surface area contributed by atoms with Gasteiger partial charge in [-0.05, 0) is 33.6 Å². The van der Waals surface area contributed by atoms with Crippen molar-refractivity contribution in [1.82, 2.24) is 0 Å². The van der Waals surface area contributed by atoms with Crippen molar-refractivity contribution in [2.24, 2.45) is 5.92 Å². The van der Waals surface area contributed by atoms with E-state index in [1.54, 1.807) is 0 Å². The Morgan fingerprint density at radius 1 is 1.29 bits per heavy atom. The molecule has 0 spiro atoms. The third kappa shape index (κ3) is 3.23. The summed E-state index contributed by atoms with van der Waals surface area (Å²) in [5.41, 5.74) is -0.368. The van der Waals surface area contributed by atoms with Gasteiger partial charge in [-0.1, -0.05) is 13.3 Å². The Balaban J connectivity index is 2.47. The van der Waals surface area contributed by atoms with Gasteiger partial charge in [0, 0.05) is 12.3 Å². The van der Waals surface area contributed by atoms with E-state index in [4.69, 9.17) is 9.78 Å². The first kappa shape index (κ1) is 12.0. The maximum absolute atomic E-state index is 10.2. The quantitative estimate of drug-likeness (QED) is 0.425. The third-order valence-corrected chi connectivity index (χ3v) is 2.63. The summed E-state index contributed by atoms with van der Waals surface area (Å²) >= 11 is 0. The van der Waals surface area contributed by atoms with Gasteiger partial charge in [-0.25, -0.2) is 9.78 Å². The third-order valence-electron chi connectivity index (χ3n) is 2.63. The van der Waals surface area contributed by atoms with Crippen LogP contribution in [0.15, 0.2) is 0 Å². The molecular weight excluding hydrogens is 180 g/mol. The van der Waals surface area contributed by atoms with Crippen LogP contribution in [0.1, 0.15) is 53.4 Å². The number of hydrogen-bond donors (Lipinski definition) is 1. The van der Waals surface area contributed by atoms with E-state index < -0.39 is 5.79 Å². The van der Waals surface area contributed by atoms with Crippen LogP contribution in [0, 0.1) is 5.92 Å². The number of aliphatic hydroxyl groups is 1. The monoisotopic (exact) mass is 202 g/mol. The average Bonchev–Trinajstić information content (AvgIpc) is 2.06. The van der Waals surface area contributed by atoms with Gasteiger partial charge in [0.15, 0.2) is 0 Å². The van der Waals surface area contributed by atoms with Gasteiger partial charge in [-0.2, -0.15) is 0 Å². The lowest BCUT2D eigenvalue weighted by molar-refractivity contribution is -0.467. The lowest BCUT2D eigenvalue weighted by Gasteiger charge is -2.37. The van der Waals surface area contributed by atoms with E-state index in [1.807, 2.05) is 27.7 Å². The molecular formula is C11H22O3. The highest BCUT2D eigenvalue weighted by molar-refractivity contribution is 4.78. The van der Waals surface area contributed by atoms with Crippen LogP contribution in [0.4, 0.5) is 0 Å². The molecule has 1 saturated carbocycles. The molecule has 1 fully saturated rings. The van der Waals surface area contributed by atoms with Crippen molar-refractivity contribution < 1.29 is 14.9 Å². The van der Waals surface area contributed by atoms with Crippen molar-refractivity contribution in [1.29, 1.82) is 0 Å². The molecule has 84 valence electrons. The Hall–Kier alpha value is -0.120. The van der Waals surface area contributed by atoms with Gasteiger partial charge in [0.2, 0.25) is 5.79 Å². The Labute approximate surface area is 86.3 Å². The van der Waals surface area contributed by atoms with Gasteiger partial charge in [-0.15, -0.1) is 0 Å². The molecule has 1 aliphatic carbocycles. The van der Waals surface area contributed by atoms with Crippen LogP contribution in [0.2, 0.25) is 0 Å². The molecule has 0 heterocycles. The molecule has 0 saturated heterocycles. The van der Waals surface area contributed by atoms with Gasteiger partial charge in [0.25, 0.3) is 0 Å². The zero-order chi connectivity index (χ0) is 10.8. The summed E-state index contributed by atoms with van der Waals surface area (Å²) in [6.45, 7) is 7.72. The second-order valence-corrected chi connectivity index (χ2v) is 5.27. The zero-order valence-electron chi connectivity index (χ0n) is 9.67. The molecule has 0 bridgehead atoms. The number of rotatable bonds is 2. The molecule has 1 N–H and O–H groups in total. The van der Waals surface area contributed by atoms with Gasteiger partial charge in [0.1, 0.15) is 0 Å². The van der Waals surface area contributed by atoms with Crippen LogP contribution in [0.25, 0.3) is 0 Å². The predicted octanol–water partition coefficient (Wildman–Crippen LogP) is 2.63. The highest BCUT2D eigenvalue weighted by Crippen LogP contribution is 2.35. The maximum atomic E-state index is 10.2. The van der Waals surface area contributed by atoms with Crippen molar-refractivity contribution in [3.63, 3.8) is 0 Å². The Kier molecular flexibility index (Phi) is 3.56. The normalized spacial score (nSPS) is 34.5. The summed E-state index contributed by atoms with van der Waals surface area (Å²) in [6.07, 6.45) is 3.85. The summed E-state index contributed by atoms with van der Waals surface area (Å²) in [5.74, 6) is -0.926. The lowest BCUT2D eigenvalue weighted by Crippen LogP contribution is -2.43. The van der Waals surface area contributed by atoms with E-state index in [0.29, 0.717) is 6.42 Å². The lowest BCUT2D eigenvalue weighted by atomic mass is 9.85. The van der Waals surface area contributed by atoms with Crippen molar-refractivity contribution in [2.45, 2.75) is 64.8 Å². The SMILES string of the molecule is CC1CCCCC1(O)OOC(C)(C)C. The van der Waals surface area contributed by atoms with Crippen LogP contribution >= 0.6 is 0 Å². The molecule has 3 heteroatoms. The number of hydrogen-bond acceptors (Lipinski definition) is 3. The molecule has 0 radical (unpaired) electrons. The van der Waals surface area contributed by atoms with Crippen molar-refractivity contribution in [3.8, 4) is 0 Å². The second-order valence-electron chi connectivity index (χ2n) is 5.27. The summed E-state index contributed by atoms with van der Waals surface area (Å²) < 4.78 is 0. The largest absolute Gasteiger partial charge is 0.363 e. The van der Waals surface area contributed by atoms with Gasteiger partial charge in [-0.3, -0.25) is 0 Å². The van der Waals surface area contributed by atoms with Crippen LogP contribution in [0.3, 0.4) is 0 Å². The molecule has 0 aromatic heterocycles. The highest BCUT2D eigenvalue weighted by Gasteiger charge is 2.39. The van der Waals surface area contributed by atoms with E-state index in [1.165, 1.54) is 6.42 Å². The smallest absolute Gasteiger partial charge is 0.201 e. The van der Waals surface area contributed by atoms with Crippen LogP contribution in [-0.4, -0.2) is 16.5 Å². The minimum Gasteiger partial charge on any atom is -0.363 e. The molecule has 1 aliphatic rings. The first-order chi connectivity index (χ1) is 6.33. The topological polar surface area (TPSA) is 38.7 Å². The van der Waals surface area contributed by atoms with E-state index >= 15 is 0 Å². The molecule has 0 aromatic carbocycles. The fourth-order valence-corrected chi connectivity index (χ4v) is 1.62. The van der Waals surface area contributed by atoms with Crippen LogP contribution < -0.4 is 0 Å². The minimum absolute atomic E-state index is 0.151. The molecule has 0 aliphatic heterocycles. The van der Waals surface area contributed by atoms with Crippen LogP contribution in [0.5, 0.6) is 0 Å². The van der Waals surface area contributed by atoms with Gasteiger partial charge < -0.3 is 5.11 Å². The van der Waals surface area contributed by atoms with Crippen molar-refractivity contribution >= 4 is 0 Å². The predicted molar refractivity (Wildman–Crippen MR) is 54.5 cm³/mol. The van der Waals surface area contributed by atoms with Crippen molar-refractivity contribution in [2.75, 3.05) is 0 Å². The zero-order valence-corrected chi connectivity index (χ0v) is 9.67. The van der Waals surface area contributed by atoms with E-state index in [2.05, 4.69) is 0 Å². The van der Waals surface area contributed by atoms with E-state index in [0.717, 1.165) is 12.8 Å². The van der Waals surface area contributed by atoms with E-state index in [9.17, 15) is 5.11 Å². The Morgan fingerprint density at radius 3 is 2.43 bits per heavy atom. The maximum Gasteiger partial charge on any atom is 0.201 e. The molecule has 2 unspecified atom stereocenters. The Morgan fingerprint density at radius 2 is 1.93 bits per heavy atom. The molecule has 0 amide bonds. The molecule has 14 heavy (non-hydrogen) atoms. The van der Waals surface area contributed by atoms with Gasteiger partial charge in [0.05, 0.1) is 5.60 Å². The molecule has 1 rings (SSSR count). The fraction of sp³-hybridized carbons (Fsp3) is 1.00. The first-order valence-corrected chi connectivity index (χ1v) is 5.43. The standard InChI is InChI=1S/C11H22O3/c1-9-7-5-6-8-11(9,12)14-13-10(2,3)4/h9,12H,5-8H2,1-4H3. The second kappa shape index (κ2) is 4.17. The highest BCUT2D eigenvalue weighted by atomic mass is 17.2. The minimum atomic E-state index is -1.08. The average molecular weight is 202 g/mol. The van der Waals surface area contributed by atoms with Gasteiger partial charge >= 0.3 is 0 Å². The molecule has 0 aromatic rings. The molecule has 3 nitrogen and oxygen atoms in total. The summed E-state index contributed by atoms with van der Waals surface area (Å²) in [6, 6.07) is 0. The van der Waals surface area contributed by atoms with E-state index in [-0.39, 0.29) is 11.5 Å². The fourth-order valence-electron chi connectivity index (χ4n) is 1.62. The molecule has 2 atom stereocenters. The van der Waals surface area contributed by atoms with Crippen molar-refractivity contribution in [3.05, 3.63) is 0 Å².